The van der Waals surface area contributed by atoms with Crippen molar-refractivity contribution in [1.82, 2.24) is 16.0 Å². The maximum atomic E-state index is 12.0. The van der Waals surface area contributed by atoms with Gasteiger partial charge in [0.1, 0.15) is 0 Å². The predicted octanol–water partition coefficient (Wildman–Crippen LogP) is 2.54. The number of hydrogen-bond acceptors (Lipinski definition) is 2. The summed E-state index contributed by atoms with van der Waals surface area (Å²) in [4.78, 5) is 16.6. The number of carbonyl (C=O) groups is 1. The van der Waals surface area contributed by atoms with Crippen molar-refractivity contribution >= 4 is 11.9 Å². The molecule has 128 valence electrons. The number of carbonyl (C=O) groups excluding carboxylic acids is 1. The van der Waals surface area contributed by atoms with E-state index >= 15 is 0 Å². The Hall–Kier alpha value is -2.04. The Labute approximate surface area is 140 Å². The van der Waals surface area contributed by atoms with Crippen LogP contribution < -0.4 is 16.0 Å². The first-order chi connectivity index (χ1) is 11.1. The fourth-order valence-electron chi connectivity index (χ4n) is 1.96. The van der Waals surface area contributed by atoms with E-state index in [9.17, 15) is 4.79 Å². The number of nitrogens with one attached hydrogen (secondary N) is 3. The Bertz CT molecular complexity index is 511. The van der Waals surface area contributed by atoms with Crippen LogP contribution >= 0.6 is 0 Å². The molecule has 0 heterocycles. The lowest BCUT2D eigenvalue weighted by Gasteiger charge is -2.13. The normalized spacial score (nSPS) is 11.4. The fraction of sp³-hybridized carbons (Fsp3) is 0.556. The second-order valence-corrected chi connectivity index (χ2v) is 5.93. The van der Waals surface area contributed by atoms with Crippen LogP contribution in [0.5, 0.6) is 0 Å². The summed E-state index contributed by atoms with van der Waals surface area (Å²) in [5, 5.41) is 9.44. The Morgan fingerprint density at radius 2 is 1.96 bits per heavy atom. The molecular weight excluding hydrogens is 288 g/mol. The van der Waals surface area contributed by atoms with Crippen LogP contribution in [-0.2, 0) is 6.54 Å². The zero-order chi connectivity index (χ0) is 17.1. The van der Waals surface area contributed by atoms with Gasteiger partial charge in [0.2, 0.25) is 0 Å². The lowest BCUT2D eigenvalue weighted by molar-refractivity contribution is 0.0953. The zero-order valence-corrected chi connectivity index (χ0v) is 14.8. The molecule has 3 N–H and O–H groups in total. The number of nitrogens with zero attached hydrogens (tertiary/aromatic N) is 1. The minimum Gasteiger partial charge on any atom is -0.357 e. The highest BCUT2D eigenvalue weighted by molar-refractivity contribution is 5.94. The quantitative estimate of drug-likeness (QED) is 0.510. The summed E-state index contributed by atoms with van der Waals surface area (Å²) in [5.41, 5.74) is 1.71. The average Bonchev–Trinajstić information content (AvgIpc) is 2.55. The van der Waals surface area contributed by atoms with E-state index in [1.807, 2.05) is 38.1 Å². The molecule has 0 aliphatic rings. The Morgan fingerprint density at radius 1 is 1.17 bits per heavy atom. The van der Waals surface area contributed by atoms with Gasteiger partial charge < -0.3 is 16.0 Å². The second-order valence-electron chi connectivity index (χ2n) is 5.93. The van der Waals surface area contributed by atoms with Gasteiger partial charge in [-0.15, -0.1) is 0 Å². The van der Waals surface area contributed by atoms with Crippen LogP contribution in [0.4, 0.5) is 0 Å². The molecule has 0 spiro atoms. The molecule has 0 radical (unpaired) electrons. The first-order valence-electron chi connectivity index (χ1n) is 8.46. The molecule has 1 amide bonds. The summed E-state index contributed by atoms with van der Waals surface area (Å²) < 4.78 is 0. The van der Waals surface area contributed by atoms with E-state index in [-0.39, 0.29) is 5.91 Å². The van der Waals surface area contributed by atoms with E-state index < -0.39 is 0 Å². The third-order valence-corrected chi connectivity index (χ3v) is 3.17. The standard InChI is InChI=1S/C18H30N4O/c1-5-10-20-17(23)16-9-7-8-15(11-16)13-22-18(19-6-2)21-12-14(3)4/h7-9,11,14H,5-6,10,12-13H2,1-4H3,(H,20,23)(H2,19,21,22). The van der Waals surface area contributed by atoms with Crippen LogP contribution in [0.25, 0.3) is 0 Å². The van der Waals surface area contributed by atoms with Gasteiger partial charge in [-0.25, -0.2) is 4.99 Å². The number of guanidine groups is 1. The first kappa shape index (κ1) is 19.0. The maximum Gasteiger partial charge on any atom is 0.251 e. The van der Waals surface area contributed by atoms with Crippen molar-refractivity contribution in [3.63, 3.8) is 0 Å². The van der Waals surface area contributed by atoms with Crippen LogP contribution in [0.1, 0.15) is 50.0 Å². The minimum atomic E-state index is -0.0254. The molecule has 0 aliphatic heterocycles. The highest BCUT2D eigenvalue weighted by atomic mass is 16.1. The van der Waals surface area contributed by atoms with Gasteiger partial charge in [-0.05, 0) is 37.0 Å². The number of amides is 1. The van der Waals surface area contributed by atoms with E-state index in [2.05, 4.69) is 34.8 Å². The van der Waals surface area contributed by atoms with Gasteiger partial charge in [0, 0.05) is 25.2 Å². The summed E-state index contributed by atoms with van der Waals surface area (Å²) in [6.45, 7) is 11.4. The highest BCUT2D eigenvalue weighted by Gasteiger charge is 2.05. The molecule has 0 bridgehead atoms. The van der Waals surface area contributed by atoms with Gasteiger partial charge in [0.05, 0.1) is 6.54 Å². The topological polar surface area (TPSA) is 65.5 Å². The summed E-state index contributed by atoms with van der Waals surface area (Å²) in [6, 6.07) is 7.63. The molecule has 23 heavy (non-hydrogen) atoms. The van der Waals surface area contributed by atoms with Gasteiger partial charge in [0.25, 0.3) is 5.91 Å². The monoisotopic (exact) mass is 318 g/mol. The molecule has 5 nitrogen and oxygen atoms in total. The molecule has 0 unspecified atom stereocenters. The molecule has 0 aromatic heterocycles. The Balaban J connectivity index is 2.70. The number of rotatable bonds is 8. The molecule has 0 saturated heterocycles. The van der Waals surface area contributed by atoms with Gasteiger partial charge in [-0.2, -0.15) is 0 Å². The van der Waals surface area contributed by atoms with Crippen LogP contribution in [0.2, 0.25) is 0 Å². The smallest absolute Gasteiger partial charge is 0.251 e. The molecule has 1 aromatic carbocycles. The van der Waals surface area contributed by atoms with Crippen molar-refractivity contribution < 1.29 is 4.79 Å². The molecule has 0 saturated carbocycles. The number of hydrogen-bond donors (Lipinski definition) is 3. The highest BCUT2D eigenvalue weighted by Crippen LogP contribution is 2.07. The molecule has 0 fully saturated rings. The van der Waals surface area contributed by atoms with Crippen molar-refractivity contribution in [2.24, 2.45) is 10.9 Å². The van der Waals surface area contributed by atoms with Crippen molar-refractivity contribution in [2.75, 3.05) is 19.6 Å². The van der Waals surface area contributed by atoms with Gasteiger partial charge in [-0.1, -0.05) is 32.9 Å². The molecule has 5 heteroatoms. The summed E-state index contributed by atoms with van der Waals surface area (Å²) in [7, 11) is 0. The van der Waals surface area contributed by atoms with Gasteiger partial charge in [0.15, 0.2) is 5.96 Å². The fourth-order valence-corrected chi connectivity index (χ4v) is 1.96. The average molecular weight is 318 g/mol. The first-order valence-corrected chi connectivity index (χ1v) is 8.46. The lowest BCUT2D eigenvalue weighted by Crippen LogP contribution is -2.39. The van der Waals surface area contributed by atoms with E-state index in [1.54, 1.807) is 0 Å². The van der Waals surface area contributed by atoms with Crippen molar-refractivity contribution in [3.8, 4) is 0 Å². The lowest BCUT2D eigenvalue weighted by atomic mass is 10.1. The third-order valence-electron chi connectivity index (χ3n) is 3.17. The zero-order valence-electron chi connectivity index (χ0n) is 14.8. The molecule has 1 rings (SSSR count). The Morgan fingerprint density at radius 3 is 2.61 bits per heavy atom. The van der Waals surface area contributed by atoms with Crippen molar-refractivity contribution in [2.45, 2.75) is 40.7 Å². The van der Waals surface area contributed by atoms with Crippen LogP contribution in [0.3, 0.4) is 0 Å². The van der Waals surface area contributed by atoms with Crippen LogP contribution in [-0.4, -0.2) is 31.5 Å². The number of aliphatic imine (C=N–C) groups is 1. The molecule has 1 aromatic rings. The van der Waals surface area contributed by atoms with E-state index in [0.29, 0.717) is 24.6 Å². The largest absolute Gasteiger partial charge is 0.357 e. The molecular formula is C18H30N4O. The summed E-state index contributed by atoms with van der Waals surface area (Å²) in [6.07, 6.45) is 0.934. The summed E-state index contributed by atoms with van der Waals surface area (Å²) in [5.74, 6) is 1.34. The maximum absolute atomic E-state index is 12.0. The van der Waals surface area contributed by atoms with Crippen LogP contribution in [0, 0.1) is 5.92 Å². The minimum absolute atomic E-state index is 0.0254. The SMILES string of the molecule is CCCNC(=O)c1cccc(CN=C(NCC)NCC(C)C)c1. The number of benzene rings is 1. The second kappa shape index (κ2) is 10.6. The van der Waals surface area contributed by atoms with Crippen molar-refractivity contribution in [3.05, 3.63) is 35.4 Å². The molecule has 0 aliphatic carbocycles. The van der Waals surface area contributed by atoms with E-state index in [0.717, 1.165) is 31.0 Å². The van der Waals surface area contributed by atoms with E-state index in [1.165, 1.54) is 0 Å². The van der Waals surface area contributed by atoms with Gasteiger partial charge in [-0.3, -0.25) is 4.79 Å². The van der Waals surface area contributed by atoms with Gasteiger partial charge >= 0.3 is 0 Å². The van der Waals surface area contributed by atoms with Crippen LogP contribution in [0.15, 0.2) is 29.3 Å². The molecule has 0 atom stereocenters. The third kappa shape index (κ3) is 7.68. The van der Waals surface area contributed by atoms with E-state index in [4.69, 9.17) is 0 Å². The summed E-state index contributed by atoms with van der Waals surface area (Å²) >= 11 is 0. The van der Waals surface area contributed by atoms with Crippen molar-refractivity contribution in [1.29, 1.82) is 0 Å². The predicted molar refractivity (Wildman–Crippen MR) is 96.7 cm³/mol. The Kier molecular flexibility index (Phi) is 8.80.